The second-order valence-electron chi connectivity index (χ2n) is 4.99. The molecule has 0 saturated carbocycles. The zero-order valence-corrected chi connectivity index (χ0v) is 12.1. The minimum absolute atomic E-state index is 0.0823. The average Bonchev–Trinajstić information content (AvgIpc) is 2.66. The Morgan fingerprint density at radius 2 is 2.22 bits per heavy atom. The van der Waals surface area contributed by atoms with E-state index in [1.807, 2.05) is 0 Å². The number of aromatic carboxylic acids is 1. The third-order valence-electron chi connectivity index (χ3n) is 2.70. The number of ether oxygens (including phenoxy) is 1. The van der Waals surface area contributed by atoms with Crippen molar-refractivity contribution in [2.24, 2.45) is 5.41 Å². The van der Waals surface area contributed by atoms with Crippen LogP contribution in [0, 0.1) is 12.3 Å². The number of anilines is 1. The summed E-state index contributed by atoms with van der Waals surface area (Å²) in [5.74, 6) is -0.976. The van der Waals surface area contributed by atoms with E-state index in [1.54, 1.807) is 14.0 Å². The van der Waals surface area contributed by atoms with E-state index in [2.05, 4.69) is 24.1 Å². The van der Waals surface area contributed by atoms with E-state index in [4.69, 9.17) is 9.84 Å². The standard InChI is InChI=1S/C12H20N2O3S/c1-8-9(10(15)16)14-11(18-8)13-7-12(2,3)5-6-17-4/h5-7H2,1-4H3,(H,13,14)(H,15,16). The molecule has 18 heavy (non-hydrogen) atoms. The van der Waals surface area contributed by atoms with Crippen LogP contribution in [-0.2, 0) is 4.74 Å². The Balaban J connectivity index is 2.58. The zero-order chi connectivity index (χ0) is 13.8. The second-order valence-corrected chi connectivity index (χ2v) is 6.19. The molecule has 102 valence electrons. The first-order chi connectivity index (χ1) is 8.35. The highest BCUT2D eigenvalue weighted by atomic mass is 32.1. The molecule has 0 aromatic carbocycles. The van der Waals surface area contributed by atoms with E-state index in [1.165, 1.54) is 11.3 Å². The molecule has 1 aromatic heterocycles. The smallest absolute Gasteiger partial charge is 0.355 e. The molecule has 0 fully saturated rings. The van der Waals surface area contributed by atoms with Gasteiger partial charge in [0.25, 0.3) is 0 Å². The minimum atomic E-state index is -0.976. The summed E-state index contributed by atoms with van der Waals surface area (Å²) < 4.78 is 5.07. The molecule has 1 heterocycles. The Kier molecular flexibility index (Phi) is 5.10. The number of carboxylic acid groups (broad SMARTS) is 1. The summed E-state index contributed by atoms with van der Waals surface area (Å²) in [6, 6.07) is 0. The van der Waals surface area contributed by atoms with Crippen molar-refractivity contribution in [1.29, 1.82) is 0 Å². The zero-order valence-electron chi connectivity index (χ0n) is 11.2. The van der Waals surface area contributed by atoms with Crippen molar-refractivity contribution in [3.05, 3.63) is 10.6 Å². The van der Waals surface area contributed by atoms with Gasteiger partial charge in [-0.15, -0.1) is 11.3 Å². The largest absolute Gasteiger partial charge is 0.476 e. The Labute approximate surface area is 111 Å². The van der Waals surface area contributed by atoms with Gasteiger partial charge in [-0.1, -0.05) is 13.8 Å². The van der Waals surface area contributed by atoms with Crippen molar-refractivity contribution in [3.8, 4) is 0 Å². The van der Waals surface area contributed by atoms with Crippen LogP contribution in [0.3, 0.4) is 0 Å². The van der Waals surface area contributed by atoms with Gasteiger partial charge in [0.1, 0.15) is 0 Å². The Hall–Kier alpha value is -1.14. The summed E-state index contributed by atoms with van der Waals surface area (Å²) in [6.07, 6.45) is 0.937. The molecule has 0 aliphatic carbocycles. The van der Waals surface area contributed by atoms with Gasteiger partial charge in [-0.2, -0.15) is 0 Å². The molecule has 0 spiro atoms. The highest BCUT2D eigenvalue weighted by Gasteiger charge is 2.19. The fourth-order valence-electron chi connectivity index (χ4n) is 1.45. The topological polar surface area (TPSA) is 71.5 Å². The van der Waals surface area contributed by atoms with Crippen molar-refractivity contribution in [2.75, 3.05) is 25.6 Å². The SMILES string of the molecule is COCCC(C)(C)CNc1nc(C(=O)O)c(C)s1. The third kappa shape index (κ3) is 4.27. The van der Waals surface area contributed by atoms with Crippen LogP contribution in [0.1, 0.15) is 35.6 Å². The number of carboxylic acids is 1. The molecule has 0 aliphatic rings. The van der Waals surface area contributed by atoms with Gasteiger partial charge in [0, 0.05) is 25.1 Å². The number of thiazole rings is 1. The molecule has 0 radical (unpaired) electrons. The van der Waals surface area contributed by atoms with Crippen LogP contribution in [0.2, 0.25) is 0 Å². The number of hydrogen-bond acceptors (Lipinski definition) is 5. The van der Waals surface area contributed by atoms with Gasteiger partial charge in [-0.3, -0.25) is 0 Å². The van der Waals surface area contributed by atoms with Crippen LogP contribution < -0.4 is 5.32 Å². The monoisotopic (exact) mass is 272 g/mol. The number of carbonyl (C=O) groups is 1. The quantitative estimate of drug-likeness (QED) is 0.798. The molecule has 1 rings (SSSR count). The van der Waals surface area contributed by atoms with E-state index in [0.29, 0.717) is 11.7 Å². The highest BCUT2D eigenvalue weighted by molar-refractivity contribution is 7.15. The molecule has 5 nitrogen and oxygen atoms in total. The van der Waals surface area contributed by atoms with E-state index < -0.39 is 5.97 Å². The van der Waals surface area contributed by atoms with Crippen LogP contribution >= 0.6 is 11.3 Å². The summed E-state index contributed by atoms with van der Waals surface area (Å²) in [5.41, 5.74) is 0.219. The molecular weight excluding hydrogens is 252 g/mol. The Morgan fingerprint density at radius 1 is 1.56 bits per heavy atom. The maximum Gasteiger partial charge on any atom is 0.355 e. The normalized spacial score (nSPS) is 11.6. The molecule has 0 amide bonds. The van der Waals surface area contributed by atoms with Crippen LogP contribution in [0.4, 0.5) is 5.13 Å². The van der Waals surface area contributed by atoms with Crippen molar-refractivity contribution in [1.82, 2.24) is 4.98 Å². The molecule has 0 saturated heterocycles. The van der Waals surface area contributed by atoms with Gasteiger partial charge in [0.2, 0.25) is 0 Å². The number of aromatic nitrogens is 1. The molecular formula is C12H20N2O3S. The lowest BCUT2D eigenvalue weighted by Gasteiger charge is -2.24. The van der Waals surface area contributed by atoms with E-state index in [9.17, 15) is 4.79 Å². The van der Waals surface area contributed by atoms with Gasteiger partial charge in [0.05, 0.1) is 0 Å². The maximum atomic E-state index is 10.9. The lowest BCUT2D eigenvalue weighted by atomic mass is 9.90. The molecule has 0 bridgehead atoms. The summed E-state index contributed by atoms with van der Waals surface area (Å²) in [7, 11) is 1.69. The summed E-state index contributed by atoms with van der Waals surface area (Å²) in [4.78, 5) is 15.7. The molecule has 0 aliphatic heterocycles. The van der Waals surface area contributed by atoms with Crippen LogP contribution in [0.15, 0.2) is 0 Å². The van der Waals surface area contributed by atoms with Crippen molar-refractivity contribution in [3.63, 3.8) is 0 Å². The van der Waals surface area contributed by atoms with Crippen molar-refractivity contribution in [2.45, 2.75) is 27.2 Å². The molecule has 0 atom stereocenters. The fourth-order valence-corrected chi connectivity index (χ4v) is 2.25. The van der Waals surface area contributed by atoms with Crippen LogP contribution in [0.25, 0.3) is 0 Å². The van der Waals surface area contributed by atoms with Gasteiger partial charge in [0.15, 0.2) is 10.8 Å². The predicted molar refractivity (Wildman–Crippen MR) is 72.6 cm³/mol. The minimum Gasteiger partial charge on any atom is -0.476 e. The Morgan fingerprint density at radius 3 is 2.72 bits per heavy atom. The van der Waals surface area contributed by atoms with Gasteiger partial charge in [-0.05, 0) is 18.8 Å². The predicted octanol–water partition coefficient (Wildman–Crippen LogP) is 2.62. The summed E-state index contributed by atoms with van der Waals surface area (Å²) in [5, 5.41) is 12.8. The summed E-state index contributed by atoms with van der Waals surface area (Å²) >= 11 is 1.37. The van der Waals surface area contributed by atoms with Gasteiger partial charge < -0.3 is 15.2 Å². The van der Waals surface area contributed by atoms with E-state index >= 15 is 0 Å². The molecule has 6 heteroatoms. The van der Waals surface area contributed by atoms with Crippen molar-refractivity contribution < 1.29 is 14.6 Å². The molecule has 0 unspecified atom stereocenters. The first-order valence-electron chi connectivity index (χ1n) is 5.79. The lowest BCUT2D eigenvalue weighted by molar-refractivity contribution is 0.0690. The number of rotatable bonds is 7. The van der Waals surface area contributed by atoms with Crippen LogP contribution in [-0.4, -0.2) is 36.3 Å². The Bertz CT molecular complexity index is 415. The van der Waals surface area contributed by atoms with E-state index in [-0.39, 0.29) is 11.1 Å². The van der Waals surface area contributed by atoms with E-state index in [0.717, 1.165) is 17.8 Å². The first-order valence-corrected chi connectivity index (χ1v) is 6.61. The van der Waals surface area contributed by atoms with Crippen LogP contribution in [0.5, 0.6) is 0 Å². The summed E-state index contributed by atoms with van der Waals surface area (Å²) in [6.45, 7) is 7.49. The lowest BCUT2D eigenvalue weighted by Crippen LogP contribution is -2.24. The maximum absolute atomic E-state index is 10.9. The molecule has 2 N–H and O–H groups in total. The van der Waals surface area contributed by atoms with Gasteiger partial charge >= 0.3 is 5.97 Å². The second kappa shape index (κ2) is 6.15. The molecule has 1 aromatic rings. The highest BCUT2D eigenvalue weighted by Crippen LogP contribution is 2.25. The number of nitrogens with zero attached hydrogens (tertiary/aromatic N) is 1. The number of aryl methyl sites for hydroxylation is 1. The van der Waals surface area contributed by atoms with Crippen molar-refractivity contribution >= 4 is 22.4 Å². The number of nitrogens with one attached hydrogen (secondary N) is 1. The number of hydrogen-bond donors (Lipinski definition) is 2. The number of methoxy groups -OCH3 is 1. The van der Waals surface area contributed by atoms with Gasteiger partial charge in [-0.25, -0.2) is 9.78 Å². The third-order valence-corrected chi connectivity index (χ3v) is 3.63. The first kappa shape index (κ1) is 14.9. The fraction of sp³-hybridized carbons (Fsp3) is 0.667. The average molecular weight is 272 g/mol.